The largest absolute Gasteiger partial charge is 0.340 e. The zero-order chi connectivity index (χ0) is 24.1. The molecule has 7 nitrogen and oxygen atoms in total. The Hall–Kier alpha value is -2.59. The Morgan fingerprint density at radius 3 is 2.91 bits per heavy atom. The number of aryl methyl sites for hydroxylation is 2. The minimum atomic E-state index is -0.440. The molecule has 1 atom stereocenters. The van der Waals surface area contributed by atoms with Crippen LogP contribution in [0.3, 0.4) is 0 Å². The maximum atomic E-state index is 13.6. The highest BCUT2D eigenvalue weighted by molar-refractivity contribution is 7.22. The lowest BCUT2D eigenvalue weighted by Gasteiger charge is -2.20. The van der Waals surface area contributed by atoms with Gasteiger partial charge in [0.25, 0.3) is 0 Å². The molecule has 1 fully saturated rings. The molecule has 0 unspecified atom stereocenters. The lowest BCUT2D eigenvalue weighted by molar-refractivity contribution is 0.261. The Bertz CT molecular complexity index is 1400. The number of hydrogen-bond acceptors (Lipinski definition) is 7. The molecule has 10 heteroatoms. The Balaban J connectivity index is 1.26. The zero-order valence-electron chi connectivity index (χ0n) is 19.8. The molecule has 182 valence electrons. The van der Waals surface area contributed by atoms with Gasteiger partial charge in [-0.1, -0.05) is 11.6 Å². The first-order chi connectivity index (χ1) is 17.0. The van der Waals surface area contributed by atoms with Crippen molar-refractivity contribution in [3.05, 3.63) is 52.8 Å². The molecule has 2 aliphatic rings. The number of benzene rings is 1. The van der Waals surface area contributed by atoms with Crippen LogP contribution in [0.25, 0.3) is 20.7 Å². The van der Waals surface area contributed by atoms with Gasteiger partial charge in [0, 0.05) is 41.5 Å². The fourth-order valence-corrected chi connectivity index (χ4v) is 6.53. The molecule has 1 N–H and O–H groups in total. The van der Waals surface area contributed by atoms with Crippen molar-refractivity contribution >= 4 is 44.7 Å². The fourth-order valence-electron chi connectivity index (χ4n) is 5.13. The maximum absolute atomic E-state index is 13.6. The van der Waals surface area contributed by atoms with E-state index >= 15 is 0 Å². The zero-order valence-corrected chi connectivity index (χ0v) is 21.3. The lowest BCUT2D eigenvalue weighted by atomic mass is 9.95. The van der Waals surface area contributed by atoms with Crippen molar-refractivity contribution in [1.82, 2.24) is 29.5 Å². The molecule has 0 saturated carbocycles. The van der Waals surface area contributed by atoms with Crippen molar-refractivity contribution in [1.29, 1.82) is 0 Å². The summed E-state index contributed by atoms with van der Waals surface area (Å²) >= 11 is 7.67. The number of halogens is 2. The van der Waals surface area contributed by atoms with Gasteiger partial charge in [0.1, 0.15) is 22.8 Å². The standard InChI is InChI=1S/C25H27ClFN7S/c1-32(2)16-7-8-33(12-16)9-10-34-13-18-21(31-34)6-4-17-22-24(28-14-29-25(22)35-23(17)18)30-15-3-5-20(27)19(26)11-15/h3,5,11,13-14,16H,4,6-10,12H2,1-2H3,(H,28,29,30)/t16-/m1/s1. The topological polar surface area (TPSA) is 62.1 Å². The second-order valence-electron chi connectivity index (χ2n) is 9.53. The van der Waals surface area contributed by atoms with Gasteiger partial charge in [-0.3, -0.25) is 9.58 Å². The van der Waals surface area contributed by atoms with E-state index in [-0.39, 0.29) is 5.02 Å². The molecule has 4 heterocycles. The lowest BCUT2D eigenvalue weighted by Crippen LogP contribution is -2.32. The van der Waals surface area contributed by atoms with E-state index in [1.807, 2.05) is 0 Å². The van der Waals surface area contributed by atoms with Crippen molar-refractivity contribution < 1.29 is 4.39 Å². The van der Waals surface area contributed by atoms with Crippen LogP contribution in [0.2, 0.25) is 5.02 Å². The second-order valence-corrected chi connectivity index (χ2v) is 10.9. The van der Waals surface area contributed by atoms with E-state index in [4.69, 9.17) is 16.7 Å². The second kappa shape index (κ2) is 9.13. The fraction of sp³-hybridized carbons (Fsp3) is 0.400. The van der Waals surface area contributed by atoms with Gasteiger partial charge in [-0.05, 0) is 63.7 Å². The summed E-state index contributed by atoms with van der Waals surface area (Å²) < 4.78 is 15.7. The molecule has 0 spiro atoms. The molecule has 0 amide bonds. The van der Waals surface area contributed by atoms with Gasteiger partial charge in [0.15, 0.2) is 0 Å². The van der Waals surface area contributed by atoms with Crippen LogP contribution in [-0.2, 0) is 19.4 Å². The monoisotopic (exact) mass is 511 g/mol. The number of nitrogens with one attached hydrogen (secondary N) is 1. The molecule has 1 aliphatic heterocycles. The van der Waals surface area contributed by atoms with E-state index in [0.717, 1.165) is 60.7 Å². The predicted octanol–water partition coefficient (Wildman–Crippen LogP) is 4.83. The van der Waals surface area contributed by atoms with Crippen LogP contribution in [0.15, 0.2) is 30.7 Å². The van der Waals surface area contributed by atoms with Crippen molar-refractivity contribution in [3.8, 4) is 10.4 Å². The molecule has 6 rings (SSSR count). The summed E-state index contributed by atoms with van der Waals surface area (Å²) in [6.45, 7) is 4.19. The van der Waals surface area contributed by atoms with Gasteiger partial charge in [-0.15, -0.1) is 11.3 Å². The van der Waals surface area contributed by atoms with E-state index in [9.17, 15) is 4.39 Å². The number of anilines is 2. The number of aromatic nitrogens is 4. The van der Waals surface area contributed by atoms with E-state index in [0.29, 0.717) is 11.7 Å². The summed E-state index contributed by atoms with van der Waals surface area (Å²) in [5.41, 5.74) is 4.31. The van der Waals surface area contributed by atoms with Crippen molar-refractivity contribution in [2.75, 3.05) is 39.0 Å². The summed E-state index contributed by atoms with van der Waals surface area (Å²) in [6.07, 6.45) is 6.78. The first-order valence-electron chi connectivity index (χ1n) is 11.9. The normalized spacial score (nSPS) is 17.8. The highest BCUT2D eigenvalue weighted by Gasteiger charge is 2.27. The molecular weight excluding hydrogens is 485 g/mol. The summed E-state index contributed by atoms with van der Waals surface area (Å²) in [5, 5.41) is 9.35. The smallest absolute Gasteiger partial charge is 0.142 e. The molecule has 0 bridgehead atoms. The van der Waals surface area contributed by atoms with E-state index in [1.165, 1.54) is 28.5 Å². The van der Waals surface area contributed by atoms with Crippen LogP contribution >= 0.6 is 22.9 Å². The van der Waals surface area contributed by atoms with Gasteiger partial charge in [-0.2, -0.15) is 5.10 Å². The van der Waals surface area contributed by atoms with Crippen LogP contribution in [0.1, 0.15) is 17.7 Å². The molecule has 35 heavy (non-hydrogen) atoms. The first-order valence-corrected chi connectivity index (χ1v) is 13.1. The SMILES string of the molecule is CN(C)[C@@H]1CCN(CCn2cc3c(n2)CCc2c-3sc3ncnc(Nc4ccc(F)c(Cl)c4)c23)C1. The number of hydrogen-bond donors (Lipinski definition) is 1. The Morgan fingerprint density at radius 1 is 1.23 bits per heavy atom. The maximum Gasteiger partial charge on any atom is 0.142 e. The van der Waals surface area contributed by atoms with Crippen molar-refractivity contribution in [2.45, 2.75) is 31.8 Å². The number of thiophene rings is 1. The summed E-state index contributed by atoms with van der Waals surface area (Å²) in [7, 11) is 4.33. The van der Waals surface area contributed by atoms with Crippen LogP contribution in [-0.4, -0.2) is 69.3 Å². The van der Waals surface area contributed by atoms with Gasteiger partial charge in [-0.25, -0.2) is 14.4 Å². The molecule has 0 radical (unpaired) electrons. The van der Waals surface area contributed by atoms with Gasteiger partial charge in [0.05, 0.1) is 22.6 Å². The quantitative estimate of drug-likeness (QED) is 0.400. The number of likely N-dealkylation sites (tertiary alicyclic amines) is 1. The highest BCUT2D eigenvalue weighted by atomic mass is 35.5. The number of rotatable bonds is 6. The number of likely N-dealkylation sites (N-methyl/N-ethyl adjacent to an activating group) is 1. The predicted molar refractivity (Wildman–Crippen MR) is 139 cm³/mol. The average molecular weight is 512 g/mol. The third-order valence-electron chi connectivity index (χ3n) is 7.09. The molecule has 1 aromatic carbocycles. The number of nitrogens with zero attached hydrogens (tertiary/aromatic N) is 6. The summed E-state index contributed by atoms with van der Waals surface area (Å²) in [4.78, 5) is 16.1. The van der Waals surface area contributed by atoms with E-state index in [2.05, 4.69) is 50.1 Å². The Morgan fingerprint density at radius 2 is 2.11 bits per heavy atom. The Kier molecular flexibility index (Phi) is 5.96. The van der Waals surface area contributed by atoms with E-state index in [1.54, 1.807) is 29.8 Å². The summed E-state index contributed by atoms with van der Waals surface area (Å²) in [6, 6.07) is 5.25. The van der Waals surface area contributed by atoms with Crippen LogP contribution in [0.4, 0.5) is 15.9 Å². The van der Waals surface area contributed by atoms with Gasteiger partial charge < -0.3 is 10.2 Å². The highest BCUT2D eigenvalue weighted by Crippen LogP contribution is 2.45. The van der Waals surface area contributed by atoms with Crippen molar-refractivity contribution in [3.63, 3.8) is 0 Å². The third-order valence-corrected chi connectivity index (χ3v) is 8.55. The number of fused-ring (bicyclic) bond motifs is 5. The molecular formula is C25H27ClFN7S. The minimum Gasteiger partial charge on any atom is -0.340 e. The third kappa shape index (κ3) is 4.31. The van der Waals surface area contributed by atoms with E-state index < -0.39 is 5.82 Å². The van der Waals surface area contributed by atoms with Gasteiger partial charge in [0.2, 0.25) is 0 Å². The average Bonchev–Trinajstić information content (AvgIpc) is 3.56. The Labute approximate surface area is 212 Å². The minimum absolute atomic E-state index is 0.0795. The van der Waals surface area contributed by atoms with Crippen LogP contribution < -0.4 is 5.32 Å². The molecule has 1 saturated heterocycles. The van der Waals surface area contributed by atoms with Crippen molar-refractivity contribution in [2.24, 2.45) is 0 Å². The summed E-state index contributed by atoms with van der Waals surface area (Å²) in [5.74, 6) is 0.278. The molecule has 4 aromatic rings. The first kappa shape index (κ1) is 22.8. The van der Waals surface area contributed by atoms with Crippen LogP contribution in [0, 0.1) is 5.82 Å². The molecule has 3 aromatic heterocycles. The van der Waals surface area contributed by atoms with Gasteiger partial charge >= 0.3 is 0 Å². The van der Waals surface area contributed by atoms with Crippen LogP contribution in [0.5, 0.6) is 0 Å². The molecule has 1 aliphatic carbocycles.